The quantitative estimate of drug-likeness (QED) is 0.542. The number of carbonyl (C=O) groups is 1. The van der Waals surface area contributed by atoms with Gasteiger partial charge in [0.1, 0.15) is 0 Å². The Bertz CT molecular complexity index is 216. The van der Waals surface area contributed by atoms with Crippen LogP contribution in [-0.4, -0.2) is 23.4 Å². The van der Waals surface area contributed by atoms with Crippen LogP contribution in [0.3, 0.4) is 0 Å². The summed E-state index contributed by atoms with van der Waals surface area (Å²) in [5.74, 6) is 0.298. The molecule has 0 unspecified atom stereocenters. The van der Waals surface area contributed by atoms with Crippen LogP contribution in [0.4, 0.5) is 0 Å². The number of rotatable bonds is 1. The standard InChI is InChI=1S/C10H15NO/c1-8-6-10(12)11(7-8)9-4-2-3-5-9/h9H,1-7H2. The van der Waals surface area contributed by atoms with Crippen LogP contribution >= 0.6 is 0 Å². The largest absolute Gasteiger partial charge is 0.335 e. The molecule has 2 rings (SSSR count). The van der Waals surface area contributed by atoms with E-state index in [9.17, 15) is 4.79 Å². The summed E-state index contributed by atoms with van der Waals surface area (Å²) >= 11 is 0. The zero-order valence-corrected chi connectivity index (χ0v) is 7.38. The van der Waals surface area contributed by atoms with Gasteiger partial charge in [0.2, 0.25) is 5.91 Å². The first kappa shape index (κ1) is 7.84. The molecule has 0 N–H and O–H groups in total. The highest BCUT2D eigenvalue weighted by atomic mass is 16.2. The lowest BCUT2D eigenvalue weighted by molar-refractivity contribution is -0.129. The average molecular weight is 165 g/mol. The number of hydrogen-bond donors (Lipinski definition) is 0. The van der Waals surface area contributed by atoms with Crippen molar-refractivity contribution in [1.29, 1.82) is 0 Å². The molecule has 1 heterocycles. The second-order valence-electron chi connectivity index (χ2n) is 3.89. The smallest absolute Gasteiger partial charge is 0.227 e. The summed E-state index contributed by atoms with van der Waals surface area (Å²) in [7, 11) is 0. The van der Waals surface area contributed by atoms with Gasteiger partial charge in [-0.25, -0.2) is 0 Å². The van der Waals surface area contributed by atoms with Gasteiger partial charge in [0.05, 0.1) is 0 Å². The van der Waals surface area contributed by atoms with E-state index in [0.717, 1.165) is 12.1 Å². The third-order valence-corrected chi connectivity index (χ3v) is 2.88. The molecule has 0 aromatic carbocycles. The Morgan fingerprint density at radius 3 is 2.50 bits per heavy atom. The molecular formula is C10H15NO. The fraction of sp³-hybridized carbons (Fsp3) is 0.700. The normalized spacial score (nSPS) is 25.8. The van der Waals surface area contributed by atoms with Gasteiger partial charge in [0.25, 0.3) is 0 Å². The van der Waals surface area contributed by atoms with Crippen molar-refractivity contribution in [2.45, 2.75) is 38.1 Å². The first-order valence-electron chi connectivity index (χ1n) is 4.73. The summed E-state index contributed by atoms with van der Waals surface area (Å²) in [5.41, 5.74) is 1.09. The van der Waals surface area contributed by atoms with Crippen molar-refractivity contribution >= 4 is 5.91 Å². The topological polar surface area (TPSA) is 20.3 Å². The molecule has 1 saturated carbocycles. The maximum Gasteiger partial charge on any atom is 0.227 e. The molecule has 12 heavy (non-hydrogen) atoms. The Labute approximate surface area is 73.2 Å². The molecule has 2 heteroatoms. The first-order chi connectivity index (χ1) is 5.77. The lowest BCUT2D eigenvalue weighted by Gasteiger charge is -2.22. The molecule has 0 bridgehead atoms. The molecule has 0 aromatic heterocycles. The summed E-state index contributed by atoms with van der Waals surface area (Å²) in [6.45, 7) is 4.69. The molecule has 1 amide bonds. The Balaban J connectivity index is 2.03. The molecule has 0 radical (unpaired) electrons. The zero-order valence-electron chi connectivity index (χ0n) is 7.38. The molecule has 0 spiro atoms. The van der Waals surface area contributed by atoms with E-state index in [1.807, 2.05) is 4.90 Å². The first-order valence-corrected chi connectivity index (χ1v) is 4.73. The van der Waals surface area contributed by atoms with Crippen LogP contribution < -0.4 is 0 Å². The third kappa shape index (κ3) is 1.26. The molecule has 1 saturated heterocycles. The fourth-order valence-corrected chi connectivity index (χ4v) is 2.25. The Kier molecular flexibility index (Phi) is 1.91. The molecule has 2 nitrogen and oxygen atoms in total. The van der Waals surface area contributed by atoms with Crippen LogP contribution in [-0.2, 0) is 4.79 Å². The maximum absolute atomic E-state index is 11.4. The number of carbonyl (C=O) groups excluding carboxylic acids is 1. The zero-order chi connectivity index (χ0) is 8.55. The predicted molar refractivity (Wildman–Crippen MR) is 47.7 cm³/mol. The van der Waals surface area contributed by atoms with E-state index in [1.165, 1.54) is 25.7 Å². The van der Waals surface area contributed by atoms with Crippen molar-refractivity contribution in [3.05, 3.63) is 12.2 Å². The second-order valence-corrected chi connectivity index (χ2v) is 3.89. The van der Waals surface area contributed by atoms with Gasteiger partial charge in [-0.1, -0.05) is 19.4 Å². The second kappa shape index (κ2) is 2.92. The van der Waals surface area contributed by atoms with Gasteiger partial charge in [0.15, 0.2) is 0 Å². The summed E-state index contributed by atoms with van der Waals surface area (Å²) in [6, 6.07) is 0.539. The molecule has 1 aliphatic heterocycles. The van der Waals surface area contributed by atoms with Crippen molar-refractivity contribution in [2.24, 2.45) is 0 Å². The van der Waals surface area contributed by atoms with Gasteiger partial charge in [-0.2, -0.15) is 0 Å². The summed E-state index contributed by atoms with van der Waals surface area (Å²) < 4.78 is 0. The monoisotopic (exact) mass is 165 g/mol. The van der Waals surface area contributed by atoms with Gasteiger partial charge in [0, 0.05) is 19.0 Å². The summed E-state index contributed by atoms with van der Waals surface area (Å²) in [5, 5.41) is 0. The highest BCUT2D eigenvalue weighted by Crippen LogP contribution is 2.28. The van der Waals surface area contributed by atoms with Gasteiger partial charge in [-0.3, -0.25) is 4.79 Å². The molecule has 0 atom stereocenters. The molecule has 1 aliphatic carbocycles. The van der Waals surface area contributed by atoms with Crippen molar-refractivity contribution in [3.63, 3.8) is 0 Å². The van der Waals surface area contributed by atoms with Crippen LogP contribution in [0, 0.1) is 0 Å². The average Bonchev–Trinajstić information content (AvgIpc) is 2.58. The van der Waals surface area contributed by atoms with E-state index in [0.29, 0.717) is 18.4 Å². The van der Waals surface area contributed by atoms with Crippen molar-refractivity contribution in [2.75, 3.05) is 6.54 Å². The van der Waals surface area contributed by atoms with E-state index < -0.39 is 0 Å². The van der Waals surface area contributed by atoms with Crippen LogP contribution in [0.5, 0.6) is 0 Å². The van der Waals surface area contributed by atoms with Crippen LogP contribution in [0.15, 0.2) is 12.2 Å². The van der Waals surface area contributed by atoms with E-state index in [1.54, 1.807) is 0 Å². The number of hydrogen-bond acceptors (Lipinski definition) is 1. The van der Waals surface area contributed by atoms with E-state index in [2.05, 4.69) is 6.58 Å². The lowest BCUT2D eigenvalue weighted by atomic mass is 10.2. The summed E-state index contributed by atoms with van der Waals surface area (Å²) in [4.78, 5) is 13.5. The summed E-state index contributed by atoms with van der Waals surface area (Å²) in [6.07, 6.45) is 5.59. The van der Waals surface area contributed by atoms with Crippen LogP contribution in [0.2, 0.25) is 0 Å². The molecule has 66 valence electrons. The van der Waals surface area contributed by atoms with Gasteiger partial charge < -0.3 is 4.90 Å². The highest BCUT2D eigenvalue weighted by molar-refractivity contribution is 5.82. The minimum absolute atomic E-state index is 0.298. The third-order valence-electron chi connectivity index (χ3n) is 2.88. The Hall–Kier alpha value is -0.790. The Morgan fingerprint density at radius 2 is 2.00 bits per heavy atom. The van der Waals surface area contributed by atoms with Gasteiger partial charge >= 0.3 is 0 Å². The maximum atomic E-state index is 11.4. The minimum Gasteiger partial charge on any atom is -0.335 e. The predicted octanol–water partition coefficient (Wildman–Crippen LogP) is 1.72. The van der Waals surface area contributed by atoms with Crippen LogP contribution in [0.1, 0.15) is 32.1 Å². The van der Waals surface area contributed by atoms with Gasteiger partial charge in [-0.15, -0.1) is 0 Å². The van der Waals surface area contributed by atoms with E-state index in [-0.39, 0.29) is 0 Å². The highest BCUT2D eigenvalue weighted by Gasteiger charge is 2.31. The molecule has 0 aromatic rings. The number of amides is 1. The SMILES string of the molecule is C=C1CC(=O)N(C2CCCC2)C1. The van der Waals surface area contributed by atoms with E-state index in [4.69, 9.17) is 0 Å². The Morgan fingerprint density at radius 1 is 1.33 bits per heavy atom. The minimum atomic E-state index is 0.298. The number of nitrogens with zero attached hydrogens (tertiary/aromatic N) is 1. The van der Waals surface area contributed by atoms with Crippen molar-refractivity contribution < 1.29 is 4.79 Å². The molecule has 2 aliphatic rings. The molecular weight excluding hydrogens is 150 g/mol. The van der Waals surface area contributed by atoms with Crippen molar-refractivity contribution in [1.82, 2.24) is 4.90 Å². The van der Waals surface area contributed by atoms with Gasteiger partial charge in [-0.05, 0) is 18.4 Å². The van der Waals surface area contributed by atoms with Crippen LogP contribution in [0.25, 0.3) is 0 Å². The molecule has 2 fully saturated rings. The number of likely N-dealkylation sites (tertiary alicyclic amines) is 1. The van der Waals surface area contributed by atoms with Crippen molar-refractivity contribution in [3.8, 4) is 0 Å². The lowest BCUT2D eigenvalue weighted by Crippen LogP contribution is -2.33. The van der Waals surface area contributed by atoms with E-state index >= 15 is 0 Å². The fourth-order valence-electron chi connectivity index (χ4n) is 2.25.